The first-order valence-electron chi connectivity index (χ1n) is 8.72. The average Bonchev–Trinajstić information content (AvgIpc) is 3.00. The maximum absolute atomic E-state index is 13.1. The van der Waals surface area contributed by atoms with Crippen molar-refractivity contribution in [2.45, 2.75) is 5.54 Å². The predicted molar refractivity (Wildman–Crippen MR) is 117 cm³/mol. The molecule has 2 N–H and O–H groups in total. The normalized spacial score (nSPS) is 15.0. The zero-order chi connectivity index (χ0) is 20.9. The predicted octanol–water partition coefficient (Wildman–Crippen LogP) is 2.60. The molecular weight excluding hydrogens is 408 g/mol. The van der Waals surface area contributed by atoms with E-state index in [1.165, 1.54) is 28.4 Å². The van der Waals surface area contributed by atoms with Crippen LogP contribution in [0.5, 0.6) is 0 Å². The second-order valence-corrected chi connectivity index (χ2v) is 7.96. The average molecular weight is 429 g/mol. The number of nitrogens with zero attached hydrogens (tertiary/aromatic N) is 2. The molecular formula is C20H20N4O3S2. The van der Waals surface area contributed by atoms with Crippen LogP contribution in [0.2, 0.25) is 0 Å². The number of hydrogen-bond acceptors (Lipinski definition) is 6. The van der Waals surface area contributed by atoms with Crippen LogP contribution in [0.1, 0.15) is 11.1 Å². The van der Waals surface area contributed by atoms with Crippen molar-refractivity contribution >= 4 is 45.7 Å². The van der Waals surface area contributed by atoms with Gasteiger partial charge in [0.05, 0.1) is 0 Å². The van der Waals surface area contributed by atoms with E-state index in [9.17, 15) is 14.4 Å². The molecule has 2 aromatic carbocycles. The molecule has 0 radical (unpaired) electrons. The number of thioether (sulfide) groups is 2. The number of carbonyl (C=O) groups is 3. The van der Waals surface area contributed by atoms with Crippen LogP contribution in [0, 0.1) is 0 Å². The molecule has 4 amide bonds. The maximum Gasteiger partial charge on any atom is 0.326 e. The third-order valence-corrected chi connectivity index (χ3v) is 6.39. The number of nitrogens with one attached hydrogen (secondary N) is 2. The van der Waals surface area contributed by atoms with Crippen molar-refractivity contribution in [3.63, 3.8) is 0 Å². The summed E-state index contributed by atoms with van der Waals surface area (Å²) in [6.45, 7) is -0.332. The van der Waals surface area contributed by atoms with Gasteiger partial charge in [-0.25, -0.2) is 10.2 Å². The first-order chi connectivity index (χ1) is 14.0. The van der Waals surface area contributed by atoms with Gasteiger partial charge in [-0.05, 0) is 23.6 Å². The molecule has 1 fully saturated rings. The van der Waals surface area contributed by atoms with E-state index in [0.717, 1.165) is 0 Å². The third kappa shape index (κ3) is 4.01. The largest absolute Gasteiger partial charge is 0.326 e. The number of urea groups is 1. The first-order valence-corrected chi connectivity index (χ1v) is 11.2. The van der Waals surface area contributed by atoms with Crippen molar-refractivity contribution in [1.82, 2.24) is 15.6 Å². The fourth-order valence-corrected chi connectivity index (χ4v) is 4.22. The monoisotopic (exact) mass is 428 g/mol. The van der Waals surface area contributed by atoms with E-state index in [1.54, 1.807) is 48.5 Å². The highest BCUT2D eigenvalue weighted by molar-refractivity contribution is 8.38. The molecule has 3 rings (SSSR count). The molecule has 2 aromatic rings. The van der Waals surface area contributed by atoms with Gasteiger partial charge >= 0.3 is 6.03 Å². The summed E-state index contributed by atoms with van der Waals surface area (Å²) in [4.78, 5) is 39.6. The smallest absolute Gasteiger partial charge is 0.292 e. The molecule has 0 saturated carbocycles. The van der Waals surface area contributed by atoms with Crippen molar-refractivity contribution in [3.8, 4) is 0 Å². The summed E-state index contributed by atoms with van der Waals surface area (Å²) in [7, 11) is 0. The quantitative estimate of drug-likeness (QED) is 0.331. The summed E-state index contributed by atoms with van der Waals surface area (Å²) in [5.74, 6) is -0.989. The number of carbonyl (C=O) groups excluding carboxylic acids is 3. The number of rotatable bonds is 5. The van der Waals surface area contributed by atoms with Crippen molar-refractivity contribution in [3.05, 3.63) is 71.8 Å². The van der Waals surface area contributed by atoms with Crippen LogP contribution in [0.4, 0.5) is 4.79 Å². The van der Waals surface area contributed by atoms with Gasteiger partial charge in [-0.1, -0.05) is 60.7 Å². The SMILES string of the molecule is CSC(=NNC(=O)CN1C(=O)NC(=O)C1(c1ccccc1)c1ccccc1)SC. The molecule has 29 heavy (non-hydrogen) atoms. The first kappa shape index (κ1) is 20.9. The van der Waals surface area contributed by atoms with Crippen LogP contribution >= 0.6 is 23.5 Å². The van der Waals surface area contributed by atoms with Crippen LogP contribution in [-0.4, -0.2) is 46.2 Å². The molecule has 0 aromatic heterocycles. The Labute approximate surface area is 177 Å². The lowest BCUT2D eigenvalue weighted by molar-refractivity contribution is -0.127. The second-order valence-electron chi connectivity index (χ2n) is 6.11. The number of imide groups is 1. The molecule has 0 aliphatic carbocycles. The van der Waals surface area contributed by atoms with Crippen LogP contribution in [0.15, 0.2) is 65.8 Å². The number of hydrazone groups is 1. The molecule has 7 nitrogen and oxygen atoms in total. The lowest BCUT2D eigenvalue weighted by Gasteiger charge is -2.35. The number of hydrogen-bond donors (Lipinski definition) is 2. The Morgan fingerprint density at radius 2 is 1.52 bits per heavy atom. The minimum absolute atomic E-state index is 0.332. The Balaban J connectivity index is 2.04. The van der Waals surface area contributed by atoms with Gasteiger partial charge in [0.1, 0.15) is 10.9 Å². The van der Waals surface area contributed by atoms with Crippen LogP contribution in [-0.2, 0) is 15.1 Å². The minimum atomic E-state index is -1.44. The fourth-order valence-electron chi connectivity index (χ4n) is 3.28. The molecule has 0 unspecified atom stereocenters. The van der Waals surface area contributed by atoms with Crippen LogP contribution in [0.25, 0.3) is 0 Å². The van der Waals surface area contributed by atoms with Crippen molar-refractivity contribution < 1.29 is 14.4 Å². The lowest BCUT2D eigenvalue weighted by atomic mass is 9.81. The summed E-state index contributed by atoms with van der Waals surface area (Å²) >= 11 is 2.80. The molecule has 1 heterocycles. The second kappa shape index (κ2) is 9.15. The van der Waals surface area contributed by atoms with Crippen LogP contribution in [0.3, 0.4) is 0 Å². The Hall–Kier alpha value is -2.78. The van der Waals surface area contributed by atoms with Gasteiger partial charge in [0.25, 0.3) is 11.8 Å². The van der Waals surface area contributed by atoms with Gasteiger partial charge in [-0.2, -0.15) is 5.10 Å². The number of benzene rings is 2. The van der Waals surface area contributed by atoms with E-state index in [0.29, 0.717) is 15.5 Å². The molecule has 0 atom stereocenters. The van der Waals surface area contributed by atoms with E-state index in [-0.39, 0.29) is 6.54 Å². The van der Waals surface area contributed by atoms with Crippen molar-refractivity contribution in [1.29, 1.82) is 0 Å². The Bertz CT molecular complexity index is 890. The zero-order valence-corrected chi connectivity index (χ0v) is 17.5. The molecule has 1 aliphatic rings. The van der Waals surface area contributed by atoms with Gasteiger partial charge in [-0.3, -0.25) is 19.8 Å². The van der Waals surface area contributed by atoms with Gasteiger partial charge in [0.15, 0.2) is 5.54 Å². The molecule has 0 spiro atoms. The van der Waals surface area contributed by atoms with E-state index in [1.807, 2.05) is 24.6 Å². The molecule has 150 valence electrons. The van der Waals surface area contributed by atoms with E-state index >= 15 is 0 Å². The molecule has 0 bridgehead atoms. The highest BCUT2D eigenvalue weighted by Gasteiger charge is 2.55. The Morgan fingerprint density at radius 1 is 1.00 bits per heavy atom. The fraction of sp³-hybridized carbons (Fsp3) is 0.200. The number of amides is 4. The summed E-state index contributed by atoms with van der Waals surface area (Å²) in [6.07, 6.45) is 3.70. The van der Waals surface area contributed by atoms with Gasteiger partial charge in [0.2, 0.25) is 0 Å². The summed E-state index contributed by atoms with van der Waals surface area (Å²) in [6, 6.07) is 17.3. The van der Waals surface area contributed by atoms with E-state index < -0.39 is 23.4 Å². The maximum atomic E-state index is 13.1. The standard InChI is InChI=1S/C20H20N4O3S2/c1-28-19(29-2)23-22-16(25)13-24-18(27)21-17(26)20(24,14-9-5-3-6-10-14)15-11-7-4-8-12-15/h3-12H,13H2,1-2H3,(H,22,25)(H,21,26,27). The van der Waals surface area contributed by atoms with Crippen LogP contribution < -0.4 is 10.7 Å². The summed E-state index contributed by atoms with van der Waals surface area (Å²) < 4.78 is 0.678. The van der Waals surface area contributed by atoms with Gasteiger partial charge in [-0.15, -0.1) is 23.5 Å². The Morgan fingerprint density at radius 3 is 2.00 bits per heavy atom. The van der Waals surface area contributed by atoms with Gasteiger partial charge in [0, 0.05) is 0 Å². The Kier molecular flexibility index (Phi) is 6.60. The molecule has 9 heteroatoms. The van der Waals surface area contributed by atoms with Crippen molar-refractivity contribution in [2.24, 2.45) is 5.10 Å². The van der Waals surface area contributed by atoms with Crippen molar-refractivity contribution in [2.75, 3.05) is 19.1 Å². The highest BCUT2D eigenvalue weighted by atomic mass is 32.2. The van der Waals surface area contributed by atoms with Gasteiger partial charge < -0.3 is 0 Å². The molecule has 1 saturated heterocycles. The highest BCUT2D eigenvalue weighted by Crippen LogP contribution is 2.39. The summed E-state index contributed by atoms with van der Waals surface area (Å²) in [5.41, 5.74) is 2.21. The zero-order valence-electron chi connectivity index (χ0n) is 15.9. The third-order valence-electron chi connectivity index (χ3n) is 4.51. The van der Waals surface area contributed by atoms with E-state index in [2.05, 4.69) is 15.8 Å². The topological polar surface area (TPSA) is 90.9 Å². The minimum Gasteiger partial charge on any atom is -0.292 e. The molecule has 1 aliphatic heterocycles. The van der Waals surface area contributed by atoms with E-state index in [4.69, 9.17) is 0 Å². The summed E-state index contributed by atoms with van der Waals surface area (Å²) in [5, 5.41) is 6.41. The lowest BCUT2D eigenvalue weighted by Crippen LogP contribution is -2.51.